The molecule has 2 aliphatic rings. The van der Waals surface area contributed by atoms with E-state index in [0.717, 1.165) is 16.2 Å². The number of rotatable bonds is 2. The van der Waals surface area contributed by atoms with E-state index in [4.69, 9.17) is 4.84 Å². The molecule has 0 fully saturated rings. The van der Waals surface area contributed by atoms with Gasteiger partial charge in [0.25, 0.3) is 11.8 Å². The Balaban J connectivity index is 1.58. The lowest BCUT2D eigenvalue weighted by molar-refractivity contribution is -0.170. The smallest absolute Gasteiger partial charge is 0.329 e. The quantitative estimate of drug-likeness (QED) is 0.787. The molecule has 24 heavy (non-hydrogen) atoms. The van der Waals surface area contributed by atoms with E-state index in [0.29, 0.717) is 11.5 Å². The highest BCUT2D eigenvalue weighted by molar-refractivity contribution is 7.99. The number of carbonyl (C=O) groups excluding carboxylic acids is 3. The van der Waals surface area contributed by atoms with Crippen molar-refractivity contribution in [2.24, 2.45) is 0 Å². The molecule has 1 unspecified atom stereocenters. The SMILES string of the molecule is O=C(ON1C(=O)c2ccccc2C1=O)C1CCSc2ccccc21. The summed E-state index contributed by atoms with van der Waals surface area (Å²) < 4.78 is 0. The summed E-state index contributed by atoms with van der Waals surface area (Å²) in [5.41, 5.74) is 1.40. The number of thioether (sulfide) groups is 1. The number of hydrogen-bond donors (Lipinski definition) is 0. The fraction of sp³-hybridized carbons (Fsp3) is 0.167. The zero-order chi connectivity index (χ0) is 16.7. The molecule has 0 spiro atoms. The molecule has 0 N–H and O–H groups in total. The second-order valence-electron chi connectivity index (χ2n) is 5.59. The van der Waals surface area contributed by atoms with Crippen LogP contribution in [0.1, 0.15) is 38.6 Å². The fourth-order valence-electron chi connectivity index (χ4n) is 2.99. The minimum atomic E-state index is -0.595. The Bertz CT molecular complexity index is 829. The van der Waals surface area contributed by atoms with Crippen molar-refractivity contribution in [3.63, 3.8) is 0 Å². The average Bonchev–Trinajstić information content (AvgIpc) is 2.86. The zero-order valence-electron chi connectivity index (χ0n) is 12.6. The lowest BCUT2D eigenvalue weighted by Crippen LogP contribution is -2.35. The van der Waals surface area contributed by atoms with Crippen LogP contribution in [0.25, 0.3) is 0 Å². The lowest BCUT2D eigenvalue weighted by atomic mass is 9.96. The normalized spacial score (nSPS) is 19.0. The Labute approximate surface area is 142 Å². The summed E-state index contributed by atoms with van der Waals surface area (Å²) in [6, 6.07) is 14.1. The van der Waals surface area contributed by atoms with Crippen molar-refractivity contribution in [2.45, 2.75) is 17.2 Å². The number of carbonyl (C=O) groups is 3. The molecule has 0 saturated heterocycles. The van der Waals surface area contributed by atoms with Gasteiger partial charge in [-0.05, 0) is 35.9 Å². The fourth-order valence-corrected chi connectivity index (χ4v) is 4.12. The summed E-state index contributed by atoms with van der Waals surface area (Å²) in [4.78, 5) is 43.4. The molecule has 0 aliphatic carbocycles. The van der Waals surface area contributed by atoms with Crippen LogP contribution in [0.2, 0.25) is 0 Å². The van der Waals surface area contributed by atoms with Crippen LogP contribution in [0.3, 0.4) is 0 Å². The molecule has 120 valence electrons. The van der Waals surface area contributed by atoms with Crippen LogP contribution in [0.15, 0.2) is 53.4 Å². The Morgan fingerprint density at radius 1 is 1.00 bits per heavy atom. The first-order valence-corrected chi connectivity index (χ1v) is 8.56. The first-order valence-electron chi connectivity index (χ1n) is 7.58. The summed E-state index contributed by atoms with van der Waals surface area (Å²) in [5, 5.41) is 0.581. The molecule has 1 atom stereocenters. The van der Waals surface area contributed by atoms with E-state index in [9.17, 15) is 14.4 Å². The molecule has 0 bridgehead atoms. The highest BCUT2D eigenvalue weighted by atomic mass is 32.2. The van der Waals surface area contributed by atoms with Gasteiger partial charge in [-0.3, -0.25) is 9.59 Å². The minimum Gasteiger partial charge on any atom is -0.329 e. The predicted molar refractivity (Wildman–Crippen MR) is 87.6 cm³/mol. The number of hydroxylamine groups is 2. The van der Waals surface area contributed by atoms with Crippen LogP contribution in [0.4, 0.5) is 0 Å². The third-order valence-corrected chi connectivity index (χ3v) is 5.30. The molecule has 0 saturated carbocycles. The van der Waals surface area contributed by atoms with E-state index in [1.165, 1.54) is 0 Å². The molecular formula is C18H13NO4S. The lowest BCUT2D eigenvalue weighted by Gasteiger charge is -2.24. The van der Waals surface area contributed by atoms with Crippen molar-refractivity contribution in [1.29, 1.82) is 0 Å². The zero-order valence-corrected chi connectivity index (χ0v) is 13.4. The molecule has 6 heteroatoms. The van der Waals surface area contributed by atoms with Gasteiger partial charge in [-0.15, -0.1) is 11.8 Å². The highest BCUT2D eigenvalue weighted by Crippen LogP contribution is 2.38. The van der Waals surface area contributed by atoms with Gasteiger partial charge < -0.3 is 4.84 Å². The Morgan fingerprint density at radius 3 is 2.33 bits per heavy atom. The molecule has 4 rings (SSSR count). The largest absolute Gasteiger partial charge is 0.340 e. The summed E-state index contributed by atoms with van der Waals surface area (Å²) in [6.07, 6.45) is 0.615. The third kappa shape index (κ3) is 2.30. The van der Waals surface area contributed by atoms with Crippen molar-refractivity contribution in [1.82, 2.24) is 5.06 Å². The highest BCUT2D eigenvalue weighted by Gasteiger charge is 2.40. The minimum absolute atomic E-state index is 0.259. The van der Waals surface area contributed by atoms with E-state index in [2.05, 4.69) is 0 Å². The van der Waals surface area contributed by atoms with Crippen molar-refractivity contribution in [3.8, 4) is 0 Å². The monoisotopic (exact) mass is 339 g/mol. The standard InChI is InChI=1S/C18H13NO4S/c20-16-12-6-1-2-7-13(12)17(21)19(16)23-18(22)14-9-10-24-15-8-4-3-5-11(14)15/h1-8,14H,9-10H2. The van der Waals surface area contributed by atoms with Gasteiger partial charge in [-0.1, -0.05) is 35.4 Å². The molecule has 2 aliphatic heterocycles. The molecule has 0 aromatic heterocycles. The molecule has 5 nitrogen and oxygen atoms in total. The van der Waals surface area contributed by atoms with Crippen molar-refractivity contribution in [3.05, 3.63) is 65.2 Å². The summed E-state index contributed by atoms with van der Waals surface area (Å²) >= 11 is 1.69. The van der Waals surface area contributed by atoms with Gasteiger partial charge in [-0.25, -0.2) is 4.79 Å². The first kappa shape index (κ1) is 15.0. The van der Waals surface area contributed by atoms with E-state index >= 15 is 0 Å². The van der Waals surface area contributed by atoms with Crippen LogP contribution >= 0.6 is 11.8 Å². The second kappa shape index (κ2) is 5.79. The van der Waals surface area contributed by atoms with Gasteiger partial charge in [0.05, 0.1) is 17.0 Å². The number of imide groups is 1. The van der Waals surface area contributed by atoms with Crippen LogP contribution in [0, 0.1) is 0 Å². The van der Waals surface area contributed by atoms with Gasteiger partial charge in [-0.2, -0.15) is 0 Å². The van der Waals surface area contributed by atoms with Gasteiger partial charge in [0.1, 0.15) is 0 Å². The summed E-state index contributed by atoms with van der Waals surface area (Å²) in [7, 11) is 0. The first-order chi connectivity index (χ1) is 11.7. The predicted octanol–water partition coefficient (Wildman–Crippen LogP) is 3.02. The van der Waals surface area contributed by atoms with E-state index in [1.54, 1.807) is 36.0 Å². The Kier molecular flexibility index (Phi) is 3.61. The van der Waals surface area contributed by atoms with Crippen LogP contribution in [-0.4, -0.2) is 28.6 Å². The van der Waals surface area contributed by atoms with Crippen molar-refractivity contribution < 1.29 is 19.2 Å². The molecule has 2 amide bonds. The van der Waals surface area contributed by atoms with Crippen LogP contribution in [-0.2, 0) is 9.63 Å². The number of benzene rings is 2. The van der Waals surface area contributed by atoms with E-state index < -0.39 is 23.7 Å². The maximum absolute atomic E-state index is 12.6. The third-order valence-electron chi connectivity index (χ3n) is 4.18. The van der Waals surface area contributed by atoms with Gasteiger partial charge in [0.15, 0.2) is 0 Å². The molecule has 2 aromatic carbocycles. The number of nitrogens with zero attached hydrogens (tertiary/aromatic N) is 1. The van der Waals surface area contributed by atoms with E-state index in [1.807, 2.05) is 24.3 Å². The Morgan fingerprint density at radius 2 is 1.62 bits per heavy atom. The second-order valence-corrected chi connectivity index (χ2v) is 6.72. The van der Waals surface area contributed by atoms with Crippen LogP contribution in [0.5, 0.6) is 0 Å². The molecule has 2 heterocycles. The molecule has 0 radical (unpaired) electrons. The van der Waals surface area contributed by atoms with Crippen molar-refractivity contribution in [2.75, 3.05) is 5.75 Å². The number of amides is 2. The average molecular weight is 339 g/mol. The van der Waals surface area contributed by atoms with Crippen molar-refractivity contribution >= 4 is 29.5 Å². The van der Waals surface area contributed by atoms with E-state index in [-0.39, 0.29) is 11.1 Å². The van der Waals surface area contributed by atoms with Gasteiger partial charge in [0.2, 0.25) is 0 Å². The van der Waals surface area contributed by atoms with Gasteiger partial charge in [0, 0.05) is 4.90 Å². The number of hydrogen-bond acceptors (Lipinski definition) is 5. The summed E-state index contributed by atoms with van der Waals surface area (Å²) in [5.74, 6) is -1.44. The van der Waals surface area contributed by atoms with Crippen LogP contribution < -0.4 is 0 Å². The molecule has 2 aromatic rings. The number of fused-ring (bicyclic) bond motifs is 2. The maximum Gasteiger partial charge on any atom is 0.340 e. The maximum atomic E-state index is 12.6. The Hall–Kier alpha value is -2.60. The van der Waals surface area contributed by atoms with Gasteiger partial charge >= 0.3 is 5.97 Å². The topological polar surface area (TPSA) is 63.7 Å². The molecular weight excluding hydrogens is 326 g/mol. The summed E-state index contributed by atoms with van der Waals surface area (Å²) in [6.45, 7) is 0.